The monoisotopic (exact) mass is 305 g/mol. The molecule has 1 aromatic carbocycles. The molecule has 0 unspecified atom stereocenters. The molecule has 0 saturated heterocycles. The van der Waals surface area contributed by atoms with Gasteiger partial charge in [-0.3, -0.25) is 9.48 Å². The van der Waals surface area contributed by atoms with E-state index in [2.05, 4.69) is 10.4 Å². The molecule has 2 atom stereocenters. The molecule has 6 heteroatoms. The Kier molecular flexibility index (Phi) is 3.59. The summed E-state index contributed by atoms with van der Waals surface area (Å²) in [5, 5.41) is 7.52. The van der Waals surface area contributed by atoms with Crippen LogP contribution in [0.4, 0.5) is 5.69 Å². The Balaban J connectivity index is 1.64. The molecule has 3 rings (SSSR count). The number of halogens is 1. The minimum atomic E-state index is 0.00933. The molecule has 1 aliphatic carbocycles. The molecule has 1 fully saturated rings. The summed E-state index contributed by atoms with van der Waals surface area (Å²) in [4.78, 5) is 12.2. The van der Waals surface area contributed by atoms with Crippen molar-refractivity contribution in [2.75, 3.05) is 12.4 Å². The van der Waals surface area contributed by atoms with Gasteiger partial charge in [0, 0.05) is 24.8 Å². The third-order valence-corrected chi connectivity index (χ3v) is 3.99. The summed E-state index contributed by atoms with van der Waals surface area (Å²) in [6, 6.07) is 5.22. The minimum absolute atomic E-state index is 0.00933. The van der Waals surface area contributed by atoms with Crippen LogP contribution in [0.15, 0.2) is 30.6 Å². The van der Waals surface area contributed by atoms with Gasteiger partial charge in [0.15, 0.2) is 0 Å². The second-order valence-electron chi connectivity index (χ2n) is 5.23. The molecule has 2 aromatic rings. The van der Waals surface area contributed by atoms with Crippen LogP contribution in [0.2, 0.25) is 5.02 Å². The van der Waals surface area contributed by atoms with Crippen molar-refractivity contribution < 1.29 is 9.53 Å². The van der Waals surface area contributed by atoms with Crippen molar-refractivity contribution >= 4 is 23.2 Å². The Labute approximate surface area is 127 Å². The number of amides is 1. The van der Waals surface area contributed by atoms with Crippen LogP contribution in [0.25, 0.3) is 0 Å². The second kappa shape index (κ2) is 5.41. The molecule has 5 nitrogen and oxygen atoms in total. The summed E-state index contributed by atoms with van der Waals surface area (Å²) in [5.41, 5.74) is 1.80. The number of methoxy groups -OCH3 is 1. The Morgan fingerprint density at radius 3 is 2.95 bits per heavy atom. The van der Waals surface area contributed by atoms with Gasteiger partial charge in [-0.05, 0) is 36.1 Å². The van der Waals surface area contributed by atoms with E-state index >= 15 is 0 Å². The first-order chi connectivity index (χ1) is 10.1. The van der Waals surface area contributed by atoms with Gasteiger partial charge < -0.3 is 10.1 Å². The molecule has 110 valence electrons. The number of nitrogens with one attached hydrogen (secondary N) is 1. The fourth-order valence-electron chi connectivity index (χ4n) is 2.46. The third kappa shape index (κ3) is 2.88. The van der Waals surface area contributed by atoms with E-state index in [1.54, 1.807) is 30.0 Å². The van der Waals surface area contributed by atoms with Crippen molar-refractivity contribution in [3.63, 3.8) is 0 Å². The number of aryl methyl sites for hydroxylation is 1. The Bertz CT molecular complexity index is 683. The first-order valence-corrected chi connectivity index (χ1v) is 7.09. The predicted octanol–water partition coefficient (Wildman–Crippen LogP) is 2.82. The molecule has 0 aliphatic heterocycles. The largest absolute Gasteiger partial charge is 0.495 e. The van der Waals surface area contributed by atoms with Crippen molar-refractivity contribution in [3.8, 4) is 5.75 Å². The molecule has 21 heavy (non-hydrogen) atoms. The normalized spacial score (nSPS) is 20.1. The zero-order valence-corrected chi connectivity index (χ0v) is 12.6. The maximum Gasteiger partial charge on any atom is 0.228 e. The van der Waals surface area contributed by atoms with Crippen LogP contribution in [0, 0.1) is 5.92 Å². The predicted molar refractivity (Wildman–Crippen MR) is 80.7 cm³/mol. The lowest BCUT2D eigenvalue weighted by molar-refractivity contribution is -0.117. The number of hydrogen-bond donors (Lipinski definition) is 1. The Morgan fingerprint density at radius 2 is 2.33 bits per heavy atom. The van der Waals surface area contributed by atoms with E-state index in [1.807, 2.05) is 19.4 Å². The average Bonchev–Trinajstić information content (AvgIpc) is 3.14. The van der Waals surface area contributed by atoms with Crippen LogP contribution < -0.4 is 10.1 Å². The Hall–Kier alpha value is -2.01. The van der Waals surface area contributed by atoms with Crippen molar-refractivity contribution in [1.82, 2.24) is 9.78 Å². The van der Waals surface area contributed by atoms with Gasteiger partial charge in [0.05, 0.1) is 18.3 Å². The summed E-state index contributed by atoms with van der Waals surface area (Å²) < 4.78 is 6.84. The van der Waals surface area contributed by atoms with Gasteiger partial charge in [0.25, 0.3) is 0 Å². The van der Waals surface area contributed by atoms with Gasteiger partial charge in [-0.15, -0.1) is 0 Å². The fraction of sp³-hybridized carbons (Fsp3) is 0.333. The molecule has 1 aliphatic rings. The zero-order valence-electron chi connectivity index (χ0n) is 11.8. The van der Waals surface area contributed by atoms with Crippen molar-refractivity contribution in [2.45, 2.75) is 12.3 Å². The summed E-state index contributed by atoms with van der Waals surface area (Å²) in [5.74, 6) is 0.891. The number of anilines is 1. The van der Waals surface area contributed by atoms with Gasteiger partial charge in [0.2, 0.25) is 5.91 Å². The lowest BCUT2D eigenvalue weighted by atomic mass is 10.2. The molecule has 1 heterocycles. The highest BCUT2D eigenvalue weighted by Crippen LogP contribution is 2.47. The van der Waals surface area contributed by atoms with E-state index in [0.29, 0.717) is 16.5 Å². The van der Waals surface area contributed by atoms with E-state index in [0.717, 1.165) is 12.0 Å². The maximum absolute atomic E-state index is 12.2. The minimum Gasteiger partial charge on any atom is -0.495 e. The van der Waals surface area contributed by atoms with Crippen molar-refractivity contribution in [3.05, 3.63) is 41.2 Å². The lowest BCUT2D eigenvalue weighted by Gasteiger charge is -2.07. The van der Waals surface area contributed by atoms with E-state index < -0.39 is 0 Å². The number of rotatable bonds is 4. The molecule has 1 saturated carbocycles. The van der Waals surface area contributed by atoms with Crippen LogP contribution in [-0.2, 0) is 11.8 Å². The lowest BCUT2D eigenvalue weighted by Crippen LogP contribution is -2.14. The molecular weight excluding hydrogens is 290 g/mol. The quantitative estimate of drug-likeness (QED) is 0.945. The first-order valence-electron chi connectivity index (χ1n) is 6.71. The second-order valence-corrected chi connectivity index (χ2v) is 5.64. The third-order valence-electron chi connectivity index (χ3n) is 3.70. The van der Waals surface area contributed by atoms with Gasteiger partial charge >= 0.3 is 0 Å². The van der Waals surface area contributed by atoms with E-state index in [1.165, 1.54) is 0 Å². The van der Waals surface area contributed by atoms with Crippen LogP contribution in [0.3, 0.4) is 0 Å². The Morgan fingerprint density at radius 1 is 1.52 bits per heavy atom. The van der Waals surface area contributed by atoms with Gasteiger partial charge in [0.1, 0.15) is 5.75 Å². The van der Waals surface area contributed by atoms with Crippen LogP contribution >= 0.6 is 11.6 Å². The highest BCUT2D eigenvalue weighted by molar-refractivity contribution is 6.32. The molecular formula is C15H16ClN3O2. The zero-order chi connectivity index (χ0) is 15.0. The highest BCUT2D eigenvalue weighted by atomic mass is 35.5. The average molecular weight is 306 g/mol. The van der Waals surface area contributed by atoms with Crippen LogP contribution in [0.1, 0.15) is 17.9 Å². The summed E-state index contributed by atoms with van der Waals surface area (Å²) >= 11 is 6.05. The summed E-state index contributed by atoms with van der Waals surface area (Å²) in [6.07, 6.45) is 4.64. The van der Waals surface area contributed by atoms with Crippen LogP contribution in [-0.4, -0.2) is 22.8 Å². The number of carbonyl (C=O) groups excluding carboxylic acids is 1. The number of carbonyl (C=O) groups is 1. The fourth-order valence-corrected chi connectivity index (χ4v) is 2.72. The summed E-state index contributed by atoms with van der Waals surface area (Å²) in [7, 11) is 3.43. The van der Waals surface area contributed by atoms with Crippen molar-refractivity contribution in [1.29, 1.82) is 0 Å². The molecule has 1 aromatic heterocycles. The molecule has 1 N–H and O–H groups in total. The maximum atomic E-state index is 12.2. The highest BCUT2D eigenvalue weighted by Gasteiger charge is 2.44. The van der Waals surface area contributed by atoms with Gasteiger partial charge in [-0.1, -0.05) is 11.6 Å². The van der Waals surface area contributed by atoms with Crippen LogP contribution in [0.5, 0.6) is 5.75 Å². The van der Waals surface area contributed by atoms with E-state index in [4.69, 9.17) is 16.3 Å². The first kappa shape index (κ1) is 13.9. The van der Waals surface area contributed by atoms with Crippen molar-refractivity contribution in [2.24, 2.45) is 13.0 Å². The van der Waals surface area contributed by atoms with Gasteiger partial charge in [-0.2, -0.15) is 5.10 Å². The standard InChI is InChI=1S/C15H16ClN3O2/c1-19-8-9(7-17-19)11-6-12(11)15(20)18-10-3-4-14(21-2)13(16)5-10/h3-5,7-8,11-12H,6H2,1-2H3,(H,18,20)/t11-,12-/m0/s1. The molecule has 1 amide bonds. The molecule has 0 radical (unpaired) electrons. The van der Waals surface area contributed by atoms with Gasteiger partial charge in [-0.25, -0.2) is 0 Å². The van der Waals surface area contributed by atoms with E-state index in [9.17, 15) is 4.79 Å². The smallest absolute Gasteiger partial charge is 0.228 e. The number of ether oxygens (including phenoxy) is 1. The number of aromatic nitrogens is 2. The topological polar surface area (TPSA) is 56.1 Å². The number of hydrogen-bond acceptors (Lipinski definition) is 3. The van der Waals surface area contributed by atoms with E-state index in [-0.39, 0.29) is 17.7 Å². The summed E-state index contributed by atoms with van der Waals surface area (Å²) in [6.45, 7) is 0. The number of nitrogens with zero attached hydrogens (tertiary/aromatic N) is 2. The SMILES string of the molecule is COc1ccc(NC(=O)[C@H]2C[C@H]2c2cnn(C)c2)cc1Cl. The molecule has 0 spiro atoms. The number of benzene rings is 1. The molecule has 0 bridgehead atoms.